The highest BCUT2D eigenvalue weighted by Gasteiger charge is 2.16. The number of hydrogen-bond acceptors (Lipinski definition) is 9. The van der Waals surface area contributed by atoms with E-state index in [1.165, 1.54) is 16.9 Å². The summed E-state index contributed by atoms with van der Waals surface area (Å²) in [4.78, 5) is 14.5. The lowest BCUT2D eigenvalue weighted by Gasteiger charge is -2.06. The van der Waals surface area contributed by atoms with Gasteiger partial charge in [-0.25, -0.2) is 9.97 Å². The molecule has 0 fully saturated rings. The minimum atomic E-state index is -0.445. The van der Waals surface area contributed by atoms with Crippen LogP contribution in [-0.2, 0) is 12.8 Å². The first-order valence-electron chi connectivity index (χ1n) is 9.68. The molecule has 2 N–H and O–H groups in total. The standard InChI is InChI=1S/C21H20BrN5O3S/c1-2-29-16-10-17(31-18(16)11-20-26-21(28)30-27-20)15-9-19(25-12-24-15)23-8-7-13-3-5-14(22)6-4-13/h3-6,9-10,12H,2,7-8,11H2,1H3,(H,23,24,25)(H,26,27,28). The Labute approximate surface area is 191 Å². The van der Waals surface area contributed by atoms with Crippen LogP contribution in [0.5, 0.6) is 11.8 Å². The van der Waals surface area contributed by atoms with Crippen LogP contribution in [0.3, 0.4) is 0 Å². The first-order chi connectivity index (χ1) is 15.1. The summed E-state index contributed by atoms with van der Waals surface area (Å²) in [7, 11) is 0. The number of nitrogens with zero attached hydrogens (tertiary/aromatic N) is 4. The lowest BCUT2D eigenvalue weighted by Crippen LogP contribution is -2.06. The summed E-state index contributed by atoms with van der Waals surface area (Å²) < 4.78 is 11.5. The fraction of sp³-hybridized carbons (Fsp3) is 0.238. The second kappa shape index (κ2) is 9.88. The third-order valence-electron chi connectivity index (χ3n) is 4.40. The van der Waals surface area contributed by atoms with E-state index in [0.29, 0.717) is 18.9 Å². The number of nitrogens with one attached hydrogen (secondary N) is 1. The zero-order chi connectivity index (χ0) is 21.6. The van der Waals surface area contributed by atoms with E-state index in [9.17, 15) is 5.11 Å². The van der Waals surface area contributed by atoms with E-state index in [-0.39, 0.29) is 0 Å². The number of thiophene rings is 1. The number of anilines is 1. The molecule has 3 heterocycles. The first kappa shape index (κ1) is 21.3. The van der Waals surface area contributed by atoms with Crippen molar-refractivity contribution in [2.24, 2.45) is 0 Å². The van der Waals surface area contributed by atoms with E-state index in [0.717, 1.165) is 44.5 Å². The van der Waals surface area contributed by atoms with E-state index in [4.69, 9.17) is 4.74 Å². The monoisotopic (exact) mass is 501 g/mol. The maximum Gasteiger partial charge on any atom is 0.414 e. The van der Waals surface area contributed by atoms with Gasteiger partial charge in [-0.3, -0.25) is 4.52 Å². The summed E-state index contributed by atoms with van der Waals surface area (Å²) in [6, 6.07) is 12.2. The predicted molar refractivity (Wildman–Crippen MR) is 122 cm³/mol. The largest absolute Gasteiger partial charge is 0.493 e. The molecule has 0 aliphatic heterocycles. The van der Waals surface area contributed by atoms with Gasteiger partial charge in [-0.15, -0.1) is 11.3 Å². The summed E-state index contributed by atoms with van der Waals surface area (Å²) in [5.74, 6) is 1.90. The Kier molecular flexibility index (Phi) is 6.78. The lowest BCUT2D eigenvalue weighted by atomic mass is 10.1. The van der Waals surface area contributed by atoms with Gasteiger partial charge in [0.25, 0.3) is 0 Å². The number of ether oxygens (including phenoxy) is 1. The van der Waals surface area contributed by atoms with Crippen molar-refractivity contribution in [3.8, 4) is 22.4 Å². The molecule has 160 valence electrons. The van der Waals surface area contributed by atoms with Gasteiger partial charge in [0.05, 0.1) is 22.1 Å². The third-order valence-corrected chi connectivity index (χ3v) is 6.07. The number of aromatic hydroxyl groups is 1. The van der Waals surface area contributed by atoms with E-state index in [1.807, 2.05) is 31.2 Å². The molecular weight excluding hydrogens is 482 g/mol. The van der Waals surface area contributed by atoms with Gasteiger partial charge in [0.1, 0.15) is 17.9 Å². The molecule has 0 bridgehead atoms. The molecule has 0 spiro atoms. The fourth-order valence-corrected chi connectivity index (χ4v) is 4.31. The minimum Gasteiger partial charge on any atom is -0.493 e. The Morgan fingerprint density at radius 3 is 2.77 bits per heavy atom. The maximum absolute atomic E-state index is 9.28. The van der Waals surface area contributed by atoms with Gasteiger partial charge >= 0.3 is 6.08 Å². The number of benzene rings is 1. The van der Waals surface area contributed by atoms with Crippen molar-refractivity contribution >= 4 is 33.1 Å². The summed E-state index contributed by atoms with van der Waals surface area (Å²) in [5, 5.41) is 16.4. The summed E-state index contributed by atoms with van der Waals surface area (Å²) >= 11 is 4.99. The molecular formula is C21H20BrN5O3S. The lowest BCUT2D eigenvalue weighted by molar-refractivity contribution is 0.266. The summed E-state index contributed by atoms with van der Waals surface area (Å²) in [5.41, 5.74) is 2.05. The number of rotatable bonds is 9. The molecule has 1 aromatic carbocycles. The topological polar surface area (TPSA) is 106 Å². The van der Waals surface area contributed by atoms with Crippen LogP contribution < -0.4 is 10.1 Å². The molecule has 0 unspecified atom stereocenters. The Bertz CT molecular complexity index is 1150. The Hall–Kier alpha value is -2.98. The SMILES string of the molecule is CCOc1cc(-c2cc(NCCc3ccc(Br)cc3)ncn2)sc1Cc1noc(O)n1. The Morgan fingerprint density at radius 1 is 1.19 bits per heavy atom. The van der Waals surface area contributed by atoms with Crippen LogP contribution >= 0.6 is 27.3 Å². The molecule has 0 saturated carbocycles. The molecule has 0 atom stereocenters. The van der Waals surface area contributed by atoms with Crippen molar-refractivity contribution in [2.75, 3.05) is 18.5 Å². The summed E-state index contributed by atoms with van der Waals surface area (Å²) in [6.45, 7) is 3.23. The van der Waals surface area contributed by atoms with Crippen LogP contribution in [0.4, 0.5) is 5.82 Å². The van der Waals surface area contributed by atoms with Gasteiger partial charge in [-0.2, -0.15) is 4.98 Å². The van der Waals surface area contributed by atoms with Crippen molar-refractivity contribution < 1.29 is 14.4 Å². The zero-order valence-corrected chi connectivity index (χ0v) is 19.1. The normalized spacial score (nSPS) is 10.9. The molecule has 0 radical (unpaired) electrons. The molecule has 0 amide bonds. The van der Waals surface area contributed by atoms with Crippen molar-refractivity contribution in [2.45, 2.75) is 19.8 Å². The van der Waals surface area contributed by atoms with Crippen molar-refractivity contribution in [3.63, 3.8) is 0 Å². The fourth-order valence-electron chi connectivity index (χ4n) is 2.97. The van der Waals surface area contributed by atoms with Crippen molar-refractivity contribution in [3.05, 3.63) is 63.5 Å². The van der Waals surface area contributed by atoms with Crippen LogP contribution in [-0.4, -0.2) is 38.4 Å². The van der Waals surface area contributed by atoms with Gasteiger partial charge < -0.3 is 15.2 Å². The highest BCUT2D eigenvalue weighted by Crippen LogP contribution is 2.37. The number of hydrogen-bond donors (Lipinski definition) is 2. The predicted octanol–water partition coefficient (Wildman–Crippen LogP) is 4.70. The van der Waals surface area contributed by atoms with Crippen LogP contribution in [0, 0.1) is 0 Å². The van der Waals surface area contributed by atoms with Gasteiger partial charge in [0.15, 0.2) is 5.82 Å². The average Bonchev–Trinajstić information content (AvgIpc) is 3.36. The van der Waals surface area contributed by atoms with Crippen LogP contribution in [0.25, 0.3) is 10.6 Å². The van der Waals surface area contributed by atoms with E-state index in [1.54, 1.807) is 6.33 Å². The number of halogens is 1. The zero-order valence-electron chi connectivity index (χ0n) is 16.7. The molecule has 0 aliphatic carbocycles. The Balaban J connectivity index is 1.47. The van der Waals surface area contributed by atoms with Crippen LogP contribution in [0.2, 0.25) is 0 Å². The molecule has 4 rings (SSSR count). The van der Waals surface area contributed by atoms with Gasteiger partial charge in [0, 0.05) is 29.6 Å². The highest BCUT2D eigenvalue weighted by atomic mass is 79.9. The third kappa shape index (κ3) is 5.59. The first-order valence-corrected chi connectivity index (χ1v) is 11.3. The summed E-state index contributed by atoms with van der Waals surface area (Å²) in [6.07, 6.45) is 2.39. The molecule has 8 nitrogen and oxygen atoms in total. The quantitative estimate of drug-likeness (QED) is 0.339. The molecule has 4 aromatic rings. The maximum atomic E-state index is 9.28. The molecule has 0 saturated heterocycles. The molecule has 0 aliphatic rings. The highest BCUT2D eigenvalue weighted by molar-refractivity contribution is 9.10. The van der Waals surface area contributed by atoms with Crippen molar-refractivity contribution in [1.29, 1.82) is 0 Å². The second-order valence-electron chi connectivity index (χ2n) is 6.59. The minimum absolute atomic E-state index is 0.393. The van der Waals surface area contributed by atoms with E-state index in [2.05, 4.69) is 58.0 Å². The van der Waals surface area contributed by atoms with Crippen LogP contribution in [0.15, 0.2) is 51.7 Å². The molecule has 10 heteroatoms. The number of aromatic nitrogens is 4. The van der Waals surface area contributed by atoms with Gasteiger partial charge in [0.2, 0.25) is 0 Å². The van der Waals surface area contributed by atoms with Crippen molar-refractivity contribution in [1.82, 2.24) is 20.1 Å². The average molecular weight is 502 g/mol. The van der Waals surface area contributed by atoms with Crippen LogP contribution in [0.1, 0.15) is 23.2 Å². The second-order valence-corrected chi connectivity index (χ2v) is 8.65. The van der Waals surface area contributed by atoms with Gasteiger partial charge in [-0.1, -0.05) is 33.2 Å². The Morgan fingerprint density at radius 2 is 2.03 bits per heavy atom. The van der Waals surface area contributed by atoms with E-state index >= 15 is 0 Å². The smallest absolute Gasteiger partial charge is 0.414 e. The van der Waals surface area contributed by atoms with Gasteiger partial charge in [-0.05, 0) is 31.0 Å². The molecule has 31 heavy (non-hydrogen) atoms. The molecule has 3 aromatic heterocycles. The van der Waals surface area contributed by atoms with E-state index < -0.39 is 6.08 Å².